The summed E-state index contributed by atoms with van der Waals surface area (Å²) in [6, 6.07) is 21.6. The Balaban J connectivity index is 1.85. The molecule has 0 spiro atoms. The van der Waals surface area contributed by atoms with Crippen molar-refractivity contribution in [1.29, 1.82) is 0 Å². The van der Waals surface area contributed by atoms with Crippen LogP contribution in [0.4, 0.5) is 11.5 Å². The largest absolute Gasteiger partial charge is 0.493 e. The summed E-state index contributed by atoms with van der Waals surface area (Å²) in [7, 11) is 3.19. The van der Waals surface area contributed by atoms with Gasteiger partial charge in [-0.25, -0.2) is 9.67 Å². The number of rotatable bonds is 7. The monoisotopic (exact) mass is 442 g/mol. The summed E-state index contributed by atoms with van der Waals surface area (Å²) in [5.74, 6) is 1.86. The predicted octanol–water partition coefficient (Wildman–Crippen LogP) is 5.52. The molecule has 0 atom stereocenters. The Kier molecular flexibility index (Phi) is 6.17. The van der Waals surface area contributed by atoms with E-state index in [1.165, 1.54) is 12.1 Å². The molecule has 0 aliphatic carbocycles. The van der Waals surface area contributed by atoms with E-state index in [1.54, 1.807) is 37.2 Å². The fraction of sp³-hybridized carbons (Fsp3) is 0.120. The standard InChI is InChI=1S/C25H22N4O4/c1-17-24(19-11-14-22(32-2)23(15-19)33-3)25(28(27-17)20-7-5-4-6-8-20)26-16-18-9-12-21(13-10-18)29(30)31/h4-16H,1-3H3/b26-16+. The average molecular weight is 442 g/mol. The number of hydrogen-bond donors (Lipinski definition) is 0. The minimum atomic E-state index is -0.427. The van der Waals surface area contributed by atoms with Crippen molar-refractivity contribution in [2.45, 2.75) is 6.92 Å². The number of nitro groups is 1. The lowest BCUT2D eigenvalue weighted by molar-refractivity contribution is -0.384. The molecule has 0 bridgehead atoms. The second kappa shape index (κ2) is 9.35. The number of nitrogens with zero attached hydrogens (tertiary/aromatic N) is 4. The molecule has 33 heavy (non-hydrogen) atoms. The van der Waals surface area contributed by atoms with Gasteiger partial charge in [0, 0.05) is 23.9 Å². The molecule has 0 amide bonds. The molecule has 0 saturated carbocycles. The lowest BCUT2D eigenvalue weighted by Crippen LogP contribution is -1.96. The number of para-hydroxylation sites is 1. The number of non-ortho nitro benzene ring substituents is 1. The SMILES string of the molecule is COc1ccc(-c2c(C)nn(-c3ccccc3)c2/N=C/c2ccc([N+](=O)[O-])cc2)cc1OC. The highest BCUT2D eigenvalue weighted by Gasteiger charge is 2.19. The summed E-state index contributed by atoms with van der Waals surface area (Å²) in [4.78, 5) is 15.3. The van der Waals surface area contributed by atoms with Crippen LogP contribution in [0.1, 0.15) is 11.3 Å². The molecule has 1 heterocycles. The van der Waals surface area contributed by atoms with Crippen molar-refractivity contribution in [2.75, 3.05) is 14.2 Å². The maximum atomic E-state index is 10.9. The van der Waals surface area contributed by atoms with Gasteiger partial charge in [0.2, 0.25) is 0 Å². The normalized spacial score (nSPS) is 11.0. The summed E-state index contributed by atoms with van der Waals surface area (Å²) >= 11 is 0. The van der Waals surface area contributed by atoms with Crippen LogP contribution in [-0.2, 0) is 0 Å². The molecular formula is C25H22N4O4. The molecule has 0 saturated heterocycles. The Hall–Kier alpha value is -4.46. The summed E-state index contributed by atoms with van der Waals surface area (Å²) in [6.07, 6.45) is 1.67. The summed E-state index contributed by atoms with van der Waals surface area (Å²) < 4.78 is 12.6. The van der Waals surface area contributed by atoms with E-state index in [2.05, 4.69) is 0 Å². The minimum absolute atomic E-state index is 0.0309. The highest BCUT2D eigenvalue weighted by molar-refractivity contribution is 5.86. The van der Waals surface area contributed by atoms with Crippen LogP contribution in [-0.4, -0.2) is 35.1 Å². The molecule has 1 aromatic heterocycles. The summed E-state index contributed by atoms with van der Waals surface area (Å²) in [5.41, 5.74) is 4.15. The molecule has 8 heteroatoms. The molecule has 0 aliphatic heterocycles. The number of nitro benzene ring substituents is 1. The lowest BCUT2D eigenvalue weighted by Gasteiger charge is -2.10. The van der Waals surface area contributed by atoms with Gasteiger partial charge in [0.25, 0.3) is 5.69 Å². The Morgan fingerprint density at radius 1 is 0.970 bits per heavy atom. The number of aliphatic imine (C=N–C) groups is 1. The minimum Gasteiger partial charge on any atom is -0.493 e. The fourth-order valence-electron chi connectivity index (χ4n) is 3.53. The van der Waals surface area contributed by atoms with E-state index >= 15 is 0 Å². The summed E-state index contributed by atoms with van der Waals surface area (Å²) in [5, 5.41) is 15.7. The maximum Gasteiger partial charge on any atom is 0.269 e. The zero-order valence-electron chi connectivity index (χ0n) is 18.4. The zero-order chi connectivity index (χ0) is 23.4. The van der Waals surface area contributed by atoms with Gasteiger partial charge in [-0.05, 0) is 54.4 Å². The van der Waals surface area contributed by atoms with Gasteiger partial charge in [-0.2, -0.15) is 5.10 Å². The highest BCUT2D eigenvalue weighted by Crippen LogP contribution is 2.39. The molecular weight excluding hydrogens is 420 g/mol. The van der Waals surface area contributed by atoms with E-state index < -0.39 is 4.92 Å². The van der Waals surface area contributed by atoms with Crippen LogP contribution < -0.4 is 9.47 Å². The Labute approximate surface area is 190 Å². The van der Waals surface area contributed by atoms with E-state index in [1.807, 2.05) is 55.5 Å². The van der Waals surface area contributed by atoms with Crippen molar-refractivity contribution in [2.24, 2.45) is 4.99 Å². The van der Waals surface area contributed by atoms with Crippen molar-refractivity contribution in [3.05, 3.63) is 94.2 Å². The van der Waals surface area contributed by atoms with Crippen molar-refractivity contribution < 1.29 is 14.4 Å². The number of benzene rings is 3. The Morgan fingerprint density at radius 3 is 2.30 bits per heavy atom. The van der Waals surface area contributed by atoms with Gasteiger partial charge >= 0.3 is 0 Å². The number of aromatic nitrogens is 2. The molecule has 8 nitrogen and oxygen atoms in total. The van der Waals surface area contributed by atoms with Crippen molar-refractivity contribution in [3.63, 3.8) is 0 Å². The number of hydrogen-bond acceptors (Lipinski definition) is 6. The highest BCUT2D eigenvalue weighted by atomic mass is 16.6. The van der Waals surface area contributed by atoms with Crippen LogP contribution >= 0.6 is 0 Å². The zero-order valence-corrected chi connectivity index (χ0v) is 18.4. The van der Waals surface area contributed by atoms with Crippen LogP contribution in [0.5, 0.6) is 11.5 Å². The van der Waals surface area contributed by atoms with Crippen molar-refractivity contribution in [3.8, 4) is 28.3 Å². The third-order valence-corrected chi connectivity index (χ3v) is 5.15. The van der Waals surface area contributed by atoms with Gasteiger partial charge in [-0.3, -0.25) is 10.1 Å². The second-order valence-electron chi connectivity index (χ2n) is 7.21. The van der Waals surface area contributed by atoms with E-state index in [4.69, 9.17) is 19.6 Å². The molecule has 4 rings (SSSR count). The van der Waals surface area contributed by atoms with Gasteiger partial charge < -0.3 is 9.47 Å². The van der Waals surface area contributed by atoms with Crippen LogP contribution in [0.2, 0.25) is 0 Å². The maximum absolute atomic E-state index is 10.9. The number of aryl methyl sites for hydroxylation is 1. The summed E-state index contributed by atoms with van der Waals surface area (Å²) in [6.45, 7) is 1.93. The van der Waals surface area contributed by atoms with E-state index in [0.29, 0.717) is 17.3 Å². The first-order valence-corrected chi connectivity index (χ1v) is 10.2. The van der Waals surface area contributed by atoms with Crippen LogP contribution in [0.3, 0.4) is 0 Å². The number of ether oxygens (including phenoxy) is 2. The van der Waals surface area contributed by atoms with Gasteiger partial charge in [0.15, 0.2) is 17.3 Å². The van der Waals surface area contributed by atoms with Gasteiger partial charge in [0.05, 0.1) is 30.5 Å². The third kappa shape index (κ3) is 4.45. The van der Waals surface area contributed by atoms with Gasteiger partial charge in [-0.1, -0.05) is 24.3 Å². The smallest absolute Gasteiger partial charge is 0.269 e. The molecule has 0 radical (unpaired) electrons. The van der Waals surface area contributed by atoms with Crippen LogP contribution in [0.15, 0.2) is 77.8 Å². The first kappa shape index (κ1) is 21.8. The first-order valence-electron chi connectivity index (χ1n) is 10.2. The molecule has 0 aliphatic rings. The van der Waals surface area contributed by atoms with Gasteiger partial charge in [0.1, 0.15) is 0 Å². The Bertz CT molecular complexity index is 1310. The van der Waals surface area contributed by atoms with Crippen molar-refractivity contribution >= 4 is 17.7 Å². The van der Waals surface area contributed by atoms with Gasteiger partial charge in [-0.15, -0.1) is 0 Å². The molecule has 3 aromatic carbocycles. The van der Waals surface area contributed by atoms with Crippen LogP contribution in [0.25, 0.3) is 16.8 Å². The second-order valence-corrected chi connectivity index (χ2v) is 7.21. The van der Waals surface area contributed by atoms with Crippen molar-refractivity contribution in [1.82, 2.24) is 9.78 Å². The topological polar surface area (TPSA) is 91.8 Å². The molecule has 4 aromatic rings. The van der Waals surface area contributed by atoms with E-state index in [9.17, 15) is 10.1 Å². The van der Waals surface area contributed by atoms with E-state index in [-0.39, 0.29) is 5.69 Å². The predicted molar refractivity (Wildman–Crippen MR) is 127 cm³/mol. The Morgan fingerprint density at radius 2 is 1.67 bits per heavy atom. The lowest BCUT2D eigenvalue weighted by atomic mass is 10.0. The fourth-order valence-corrected chi connectivity index (χ4v) is 3.53. The third-order valence-electron chi connectivity index (χ3n) is 5.15. The van der Waals surface area contributed by atoms with Crippen LogP contribution in [0, 0.1) is 17.0 Å². The quantitative estimate of drug-likeness (QED) is 0.213. The van der Waals surface area contributed by atoms with E-state index in [0.717, 1.165) is 28.1 Å². The number of methoxy groups -OCH3 is 2. The molecule has 0 fully saturated rings. The molecule has 166 valence electrons. The first-order chi connectivity index (χ1) is 16.0. The average Bonchev–Trinajstić information content (AvgIpc) is 3.18. The molecule has 0 N–H and O–H groups in total. The molecule has 0 unspecified atom stereocenters.